The Hall–Kier alpha value is -3.22. The number of aryl methyl sites for hydroxylation is 1. The Morgan fingerprint density at radius 3 is 2.42 bits per heavy atom. The van der Waals surface area contributed by atoms with Crippen LogP contribution in [0.15, 0.2) is 42.6 Å². The molecule has 0 amide bonds. The van der Waals surface area contributed by atoms with Crippen LogP contribution >= 0.6 is 0 Å². The van der Waals surface area contributed by atoms with Gasteiger partial charge in [-0.1, -0.05) is 17.7 Å². The molecule has 0 aliphatic carbocycles. The normalized spacial score (nSPS) is 10.5. The van der Waals surface area contributed by atoms with Crippen LogP contribution in [0.2, 0.25) is 0 Å². The molecule has 0 saturated carbocycles. The molecule has 0 atom stereocenters. The zero-order chi connectivity index (χ0) is 17.1. The van der Waals surface area contributed by atoms with Crippen molar-refractivity contribution >= 4 is 5.97 Å². The molecule has 0 fully saturated rings. The molecule has 0 saturated heterocycles. The highest BCUT2D eigenvalue weighted by Gasteiger charge is 2.19. The Morgan fingerprint density at radius 2 is 1.83 bits per heavy atom. The summed E-state index contributed by atoms with van der Waals surface area (Å²) < 4.78 is 11.4. The lowest BCUT2D eigenvalue weighted by molar-refractivity contribution is 0.0587. The van der Waals surface area contributed by atoms with Gasteiger partial charge in [0.2, 0.25) is 5.88 Å². The van der Waals surface area contributed by atoms with Gasteiger partial charge in [0, 0.05) is 17.8 Å². The maximum absolute atomic E-state index is 11.8. The minimum atomic E-state index is -0.594. The predicted molar refractivity (Wildman–Crippen MR) is 87.2 cm³/mol. The molecule has 2 heterocycles. The molecule has 1 aromatic carbocycles. The molecule has 0 spiro atoms. The molecule has 0 aliphatic heterocycles. The first-order chi connectivity index (χ1) is 11.6. The number of esters is 1. The third-order valence-corrected chi connectivity index (χ3v) is 3.46. The van der Waals surface area contributed by atoms with E-state index in [1.807, 2.05) is 37.3 Å². The van der Waals surface area contributed by atoms with Crippen LogP contribution < -0.4 is 4.74 Å². The molecule has 0 bridgehead atoms. The number of nitrogens with zero attached hydrogens (tertiary/aromatic N) is 4. The van der Waals surface area contributed by atoms with Crippen LogP contribution in [0, 0.1) is 6.92 Å². The molecule has 3 aromatic rings. The van der Waals surface area contributed by atoms with Gasteiger partial charge in [0.15, 0.2) is 5.82 Å². The molecular weight excluding hydrogens is 308 g/mol. The van der Waals surface area contributed by atoms with Gasteiger partial charge < -0.3 is 9.47 Å². The average molecular weight is 324 g/mol. The van der Waals surface area contributed by atoms with E-state index in [1.165, 1.54) is 7.11 Å². The van der Waals surface area contributed by atoms with Gasteiger partial charge >= 0.3 is 5.97 Å². The first-order valence-electron chi connectivity index (χ1n) is 7.25. The summed E-state index contributed by atoms with van der Waals surface area (Å²) in [7, 11) is 2.84. The third kappa shape index (κ3) is 2.96. The zero-order valence-electron chi connectivity index (χ0n) is 13.6. The highest BCUT2D eigenvalue weighted by atomic mass is 16.5. The fourth-order valence-corrected chi connectivity index (χ4v) is 2.18. The number of hydrogen-bond donors (Lipinski definition) is 0. The fraction of sp³-hybridized carbons (Fsp3) is 0.176. The van der Waals surface area contributed by atoms with Crippen molar-refractivity contribution in [3.63, 3.8) is 0 Å². The summed E-state index contributed by atoms with van der Waals surface area (Å²) in [6.07, 6.45) is 1.62. The lowest BCUT2D eigenvalue weighted by Crippen LogP contribution is -2.05. The molecule has 122 valence electrons. The van der Waals surface area contributed by atoms with Gasteiger partial charge in [-0.2, -0.15) is 0 Å². The second-order valence-corrected chi connectivity index (χ2v) is 5.09. The van der Waals surface area contributed by atoms with Crippen molar-refractivity contribution in [1.82, 2.24) is 19.7 Å². The Labute approximate surface area is 138 Å². The highest BCUT2D eigenvalue weighted by molar-refractivity contribution is 5.85. The monoisotopic (exact) mass is 324 g/mol. The van der Waals surface area contributed by atoms with Crippen molar-refractivity contribution in [2.24, 2.45) is 0 Å². The van der Waals surface area contributed by atoms with Crippen LogP contribution in [0.4, 0.5) is 0 Å². The Kier molecular flexibility index (Phi) is 4.24. The zero-order valence-corrected chi connectivity index (χ0v) is 13.6. The van der Waals surface area contributed by atoms with Crippen molar-refractivity contribution < 1.29 is 14.3 Å². The molecule has 24 heavy (non-hydrogen) atoms. The van der Waals surface area contributed by atoms with Gasteiger partial charge in [-0.3, -0.25) is 0 Å². The van der Waals surface area contributed by atoms with E-state index >= 15 is 0 Å². The number of methoxy groups -OCH3 is 2. The molecular formula is C17H16N4O3. The van der Waals surface area contributed by atoms with E-state index in [4.69, 9.17) is 9.47 Å². The van der Waals surface area contributed by atoms with Crippen molar-refractivity contribution in [3.05, 3.63) is 54.0 Å². The fourth-order valence-electron chi connectivity index (χ4n) is 2.18. The standard InChI is InChI=1S/C17H16N4O3/c1-11-4-7-13(8-5-11)21-16(19-15(20-21)17(22)24-3)12-6-9-14(23-2)18-10-12/h4-10H,1-3H3. The smallest absolute Gasteiger partial charge is 0.377 e. The molecule has 0 radical (unpaired) electrons. The topological polar surface area (TPSA) is 79.1 Å². The Balaban J connectivity index is 2.13. The first-order valence-corrected chi connectivity index (χ1v) is 7.25. The number of benzene rings is 1. The maximum Gasteiger partial charge on any atom is 0.377 e. The van der Waals surface area contributed by atoms with Crippen molar-refractivity contribution in [3.8, 4) is 23.0 Å². The van der Waals surface area contributed by atoms with Gasteiger partial charge in [0.25, 0.3) is 5.82 Å². The number of ether oxygens (including phenoxy) is 2. The summed E-state index contributed by atoms with van der Waals surface area (Å²) >= 11 is 0. The van der Waals surface area contributed by atoms with E-state index in [0.717, 1.165) is 11.3 Å². The minimum absolute atomic E-state index is 0.0103. The third-order valence-electron chi connectivity index (χ3n) is 3.46. The number of hydrogen-bond acceptors (Lipinski definition) is 6. The van der Waals surface area contributed by atoms with Crippen LogP contribution in [-0.4, -0.2) is 39.9 Å². The second kappa shape index (κ2) is 6.49. The van der Waals surface area contributed by atoms with Gasteiger partial charge in [-0.05, 0) is 25.1 Å². The molecule has 7 nitrogen and oxygen atoms in total. The lowest BCUT2D eigenvalue weighted by Gasteiger charge is -2.06. The van der Waals surface area contributed by atoms with E-state index < -0.39 is 5.97 Å². The summed E-state index contributed by atoms with van der Waals surface area (Å²) in [5, 5.41) is 4.27. The first kappa shape index (κ1) is 15.7. The highest BCUT2D eigenvalue weighted by Crippen LogP contribution is 2.22. The molecule has 3 rings (SSSR count). The average Bonchev–Trinajstić information content (AvgIpc) is 3.07. The number of pyridine rings is 1. The van der Waals surface area contributed by atoms with Crippen LogP contribution in [0.1, 0.15) is 16.2 Å². The van der Waals surface area contributed by atoms with Crippen LogP contribution in [0.3, 0.4) is 0 Å². The largest absolute Gasteiger partial charge is 0.481 e. The Bertz CT molecular complexity index is 855. The quantitative estimate of drug-likeness (QED) is 0.686. The molecule has 0 unspecified atom stereocenters. The SMILES string of the molecule is COC(=O)c1nc(-c2ccc(OC)nc2)n(-c2ccc(C)cc2)n1. The lowest BCUT2D eigenvalue weighted by atomic mass is 10.2. The van der Waals surface area contributed by atoms with E-state index in [9.17, 15) is 4.79 Å². The van der Waals surface area contributed by atoms with Crippen molar-refractivity contribution in [2.75, 3.05) is 14.2 Å². The maximum atomic E-state index is 11.8. The number of carbonyl (C=O) groups is 1. The molecule has 0 aliphatic rings. The van der Waals surface area contributed by atoms with Crippen molar-refractivity contribution in [1.29, 1.82) is 0 Å². The van der Waals surface area contributed by atoms with E-state index in [0.29, 0.717) is 17.3 Å². The summed E-state index contributed by atoms with van der Waals surface area (Å²) in [5.74, 6) is 0.384. The predicted octanol–water partition coefficient (Wildman–Crippen LogP) is 2.43. The van der Waals surface area contributed by atoms with Crippen LogP contribution in [0.25, 0.3) is 17.1 Å². The van der Waals surface area contributed by atoms with E-state index in [1.54, 1.807) is 24.1 Å². The number of rotatable bonds is 4. The summed E-state index contributed by atoms with van der Waals surface area (Å²) in [4.78, 5) is 20.3. The summed E-state index contributed by atoms with van der Waals surface area (Å²) in [5.41, 5.74) is 2.62. The number of carbonyl (C=O) groups excluding carboxylic acids is 1. The van der Waals surface area contributed by atoms with E-state index in [-0.39, 0.29) is 5.82 Å². The minimum Gasteiger partial charge on any atom is -0.481 e. The van der Waals surface area contributed by atoms with Gasteiger partial charge in [0.1, 0.15) is 0 Å². The van der Waals surface area contributed by atoms with Crippen LogP contribution in [-0.2, 0) is 4.74 Å². The van der Waals surface area contributed by atoms with E-state index in [2.05, 4.69) is 15.1 Å². The van der Waals surface area contributed by atoms with Gasteiger partial charge in [-0.25, -0.2) is 19.4 Å². The molecule has 7 heteroatoms. The number of aromatic nitrogens is 4. The summed E-state index contributed by atoms with van der Waals surface area (Å²) in [6.45, 7) is 2.00. The second-order valence-electron chi connectivity index (χ2n) is 5.09. The van der Waals surface area contributed by atoms with Crippen molar-refractivity contribution in [2.45, 2.75) is 6.92 Å². The molecule has 2 aromatic heterocycles. The van der Waals surface area contributed by atoms with Gasteiger partial charge in [0.05, 0.1) is 19.9 Å². The van der Waals surface area contributed by atoms with Gasteiger partial charge in [-0.15, -0.1) is 5.10 Å². The molecule has 0 N–H and O–H groups in total. The Morgan fingerprint density at radius 1 is 1.08 bits per heavy atom. The summed E-state index contributed by atoms with van der Waals surface area (Å²) in [6, 6.07) is 11.3. The van der Waals surface area contributed by atoms with Crippen LogP contribution in [0.5, 0.6) is 5.88 Å².